The molecule has 0 spiro atoms. The summed E-state index contributed by atoms with van der Waals surface area (Å²) in [7, 11) is 3.32. The van der Waals surface area contributed by atoms with Crippen LogP contribution in [0.3, 0.4) is 0 Å². The number of imidazole rings is 1. The topological polar surface area (TPSA) is 76.2 Å². The maximum absolute atomic E-state index is 12.7. The summed E-state index contributed by atoms with van der Waals surface area (Å²) >= 11 is 0. The van der Waals surface area contributed by atoms with Crippen LogP contribution in [0.4, 0.5) is 8.78 Å². The number of hydrogen-bond donors (Lipinski definition) is 1. The van der Waals surface area contributed by atoms with E-state index in [1.165, 1.54) is 17.1 Å². The Balaban J connectivity index is 2.10. The highest BCUT2D eigenvalue weighted by Crippen LogP contribution is 2.15. The molecule has 0 radical (unpaired) electrons. The molecule has 114 valence electrons. The highest BCUT2D eigenvalue weighted by Gasteiger charge is 2.18. The van der Waals surface area contributed by atoms with Crippen molar-refractivity contribution in [1.29, 1.82) is 0 Å². The minimum absolute atomic E-state index is 0.0402. The van der Waals surface area contributed by atoms with Crippen LogP contribution < -0.4 is 0 Å². The third-order valence-corrected chi connectivity index (χ3v) is 2.92. The van der Waals surface area contributed by atoms with Crippen LogP contribution in [0.1, 0.15) is 28.4 Å². The van der Waals surface area contributed by atoms with Crippen molar-refractivity contribution in [2.24, 2.45) is 7.05 Å². The summed E-state index contributed by atoms with van der Waals surface area (Å²) in [6.45, 7) is -2.21. The number of aromatic nitrogens is 4. The third kappa shape index (κ3) is 3.43. The molecule has 0 aliphatic carbocycles. The lowest BCUT2D eigenvalue weighted by atomic mass is 10.2. The van der Waals surface area contributed by atoms with E-state index in [4.69, 9.17) is 5.11 Å². The fourth-order valence-electron chi connectivity index (χ4n) is 2.07. The maximum atomic E-state index is 12.7. The van der Waals surface area contributed by atoms with Crippen LogP contribution in [-0.2, 0) is 20.1 Å². The van der Waals surface area contributed by atoms with Crippen LogP contribution in [-0.4, -0.2) is 42.4 Å². The lowest BCUT2D eigenvalue weighted by Gasteiger charge is -2.16. The average molecular weight is 299 g/mol. The molecule has 0 unspecified atom stereocenters. The van der Waals surface area contributed by atoms with Crippen molar-refractivity contribution < 1.29 is 18.7 Å². The van der Waals surface area contributed by atoms with Gasteiger partial charge in [-0.1, -0.05) is 0 Å². The van der Waals surface area contributed by atoms with Crippen molar-refractivity contribution in [3.63, 3.8) is 0 Å². The molecule has 7 nitrogen and oxygen atoms in total. The Morgan fingerprint density at radius 2 is 2.19 bits per heavy atom. The van der Waals surface area contributed by atoms with Gasteiger partial charge in [0, 0.05) is 37.7 Å². The molecular weight excluding hydrogens is 284 g/mol. The van der Waals surface area contributed by atoms with Gasteiger partial charge in [-0.05, 0) is 7.05 Å². The predicted molar refractivity (Wildman–Crippen MR) is 68.8 cm³/mol. The number of alkyl halides is 2. The summed E-state index contributed by atoms with van der Waals surface area (Å²) < 4.78 is 27.6. The molecule has 0 bridgehead atoms. The van der Waals surface area contributed by atoms with Crippen molar-refractivity contribution >= 4 is 5.97 Å². The number of aryl methyl sites for hydroxylation is 1. The van der Waals surface area contributed by atoms with E-state index in [1.54, 1.807) is 25.2 Å². The van der Waals surface area contributed by atoms with E-state index in [0.29, 0.717) is 5.56 Å². The van der Waals surface area contributed by atoms with E-state index in [0.717, 1.165) is 4.57 Å². The van der Waals surface area contributed by atoms with Crippen molar-refractivity contribution in [2.45, 2.75) is 19.6 Å². The van der Waals surface area contributed by atoms with Crippen LogP contribution in [0.25, 0.3) is 0 Å². The Bertz CT molecular complexity index is 637. The van der Waals surface area contributed by atoms with Gasteiger partial charge in [0.25, 0.3) is 0 Å². The molecule has 0 fully saturated rings. The molecule has 2 heterocycles. The molecule has 9 heteroatoms. The molecule has 0 aliphatic heterocycles. The number of nitrogens with zero attached hydrogens (tertiary/aromatic N) is 5. The Kier molecular flexibility index (Phi) is 4.32. The quantitative estimate of drug-likeness (QED) is 0.871. The van der Waals surface area contributed by atoms with Gasteiger partial charge >= 0.3 is 12.5 Å². The SMILES string of the molecule is CN(Cc1cn(C)nc1C(=O)O)Cc1nccn1C(F)F. The van der Waals surface area contributed by atoms with Crippen molar-refractivity contribution in [3.05, 3.63) is 35.7 Å². The molecule has 0 aliphatic rings. The van der Waals surface area contributed by atoms with Gasteiger partial charge in [-0.25, -0.2) is 9.78 Å². The zero-order valence-electron chi connectivity index (χ0n) is 11.6. The highest BCUT2D eigenvalue weighted by molar-refractivity contribution is 5.86. The summed E-state index contributed by atoms with van der Waals surface area (Å²) in [5, 5.41) is 12.9. The molecule has 1 N–H and O–H groups in total. The fraction of sp³-hybridized carbons (Fsp3) is 0.417. The number of carboxylic acid groups (broad SMARTS) is 1. The normalized spacial score (nSPS) is 11.5. The van der Waals surface area contributed by atoms with Crippen LogP contribution in [0.15, 0.2) is 18.6 Å². The van der Waals surface area contributed by atoms with Gasteiger partial charge in [-0.3, -0.25) is 14.1 Å². The number of aromatic carboxylic acids is 1. The second-order valence-electron chi connectivity index (χ2n) is 4.68. The smallest absolute Gasteiger partial charge is 0.356 e. The summed E-state index contributed by atoms with van der Waals surface area (Å²) in [5.74, 6) is -0.902. The second-order valence-corrected chi connectivity index (χ2v) is 4.68. The zero-order valence-corrected chi connectivity index (χ0v) is 11.6. The largest absolute Gasteiger partial charge is 0.476 e. The zero-order chi connectivity index (χ0) is 15.6. The molecule has 0 saturated carbocycles. The third-order valence-electron chi connectivity index (χ3n) is 2.92. The molecule has 2 rings (SSSR count). The van der Waals surface area contributed by atoms with Crippen LogP contribution in [0, 0.1) is 0 Å². The van der Waals surface area contributed by atoms with E-state index in [9.17, 15) is 13.6 Å². The first-order valence-electron chi connectivity index (χ1n) is 6.12. The van der Waals surface area contributed by atoms with Gasteiger partial charge in [0.1, 0.15) is 5.82 Å². The first-order valence-corrected chi connectivity index (χ1v) is 6.12. The highest BCUT2D eigenvalue weighted by atomic mass is 19.3. The number of rotatable bonds is 6. The minimum atomic E-state index is -2.65. The van der Waals surface area contributed by atoms with Gasteiger partial charge in [0.15, 0.2) is 5.69 Å². The van der Waals surface area contributed by atoms with Crippen LogP contribution >= 0.6 is 0 Å². The van der Waals surface area contributed by atoms with Gasteiger partial charge in [0.2, 0.25) is 0 Å². The number of halogens is 2. The summed E-state index contributed by atoms with van der Waals surface area (Å²) in [4.78, 5) is 16.7. The lowest BCUT2D eigenvalue weighted by molar-refractivity contribution is 0.0644. The van der Waals surface area contributed by atoms with Gasteiger partial charge in [-0.15, -0.1) is 0 Å². The van der Waals surface area contributed by atoms with E-state index >= 15 is 0 Å². The van der Waals surface area contributed by atoms with E-state index in [-0.39, 0.29) is 24.6 Å². The Morgan fingerprint density at radius 3 is 2.81 bits per heavy atom. The second kappa shape index (κ2) is 6.00. The van der Waals surface area contributed by atoms with Crippen LogP contribution in [0.2, 0.25) is 0 Å². The first-order chi connectivity index (χ1) is 9.88. The molecule has 2 aromatic heterocycles. The first kappa shape index (κ1) is 15.1. The number of carbonyl (C=O) groups is 1. The van der Waals surface area contributed by atoms with Gasteiger partial charge in [-0.2, -0.15) is 13.9 Å². The van der Waals surface area contributed by atoms with Gasteiger partial charge in [0.05, 0.1) is 6.54 Å². The van der Waals surface area contributed by atoms with Crippen molar-refractivity contribution in [2.75, 3.05) is 7.05 Å². The molecule has 2 aromatic rings. The molecule has 0 aromatic carbocycles. The molecule has 0 amide bonds. The predicted octanol–water partition coefficient (Wildman–Crippen LogP) is 1.34. The summed E-state index contributed by atoms with van der Waals surface area (Å²) in [5.41, 5.74) is 0.476. The van der Waals surface area contributed by atoms with Crippen molar-refractivity contribution in [3.8, 4) is 0 Å². The van der Waals surface area contributed by atoms with E-state index < -0.39 is 12.5 Å². The molecule has 21 heavy (non-hydrogen) atoms. The lowest BCUT2D eigenvalue weighted by Crippen LogP contribution is -2.21. The Morgan fingerprint density at radius 1 is 1.48 bits per heavy atom. The summed E-state index contributed by atoms with van der Waals surface area (Å²) in [6, 6.07) is 0. The molecule has 0 saturated heterocycles. The van der Waals surface area contributed by atoms with E-state index in [2.05, 4.69) is 10.1 Å². The van der Waals surface area contributed by atoms with Crippen molar-refractivity contribution in [1.82, 2.24) is 24.2 Å². The monoisotopic (exact) mass is 299 g/mol. The molecule has 0 atom stereocenters. The fourth-order valence-corrected chi connectivity index (χ4v) is 2.07. The standard InChI is InChI=1S/C12H15F2N5O2/c1-17(7-9-15-3-4-19(9)12(13)14)5-8-6-18(2)16-10(8)11(20)21/h3-4,6,12H,5,7H2,1-2H3,(H,20,21). The van der Waals surface area contributed by atoms with Crippen LogP contribution in [0.5, 0.6) is 0 Å². The summed E-state index contributed by atoms with van der Waals surface area (Å²) in [6.07, 6.45) is 4.11. The van der Waals surface area contributed by atoms with Gasteiger partial charge < -0.3 is 5.11 Å². The Hall–Kier alpha value is -2.29. The average Bonchev–Trinajstić information content (AvgIpc) is 2.96. The van der Waals surface area contributed by atoms with E-state index in [1.807, 2.05) is 0 Å². The minimum Gasteiger partial charge on any atom is -0.476 e. The Labute approximate surface area is 119 Å². The maximum Gasteiger partial charge on any atom is 0.356 e. The molecular formula is C12H15F2N5O2. The number of hydrogen-bond acceptors (Lipinski definition) is 4. The number of carboxylic acids is 1.